The predicted molar refractivity (Wildman–Crippen MR) is 95.6 cm³/mol. The van der Waals surface area contributed by atoms with E-state index < -0.39 is 10.0 Å². The Morgan fingerprint density at radius 2 is 1.96 bits per heavy atom. The molecule has 0 radical (unpaired) electrons. The van der Waals surface area contributed by atoms with Crippen LogP contribution in [0, 0.1) is 6.92 Å². The van der Waals surface area contributed by atoms with E-state index in [4.69, 9.17) is 11.6 Å². The molecule has 2 heterocycles. The maximum Gasteiger partial charge on any atom is 0.240 e. The first-order valence-electron chi connectivity index (χ1n) is 7.07. The Morgan fingerprint density at radius 1 is 1.21 bits per heavy atom. The number of hydrogen-bond acceptors (Lipinski definition) is 5. The average molecular weight is 380 g/mol. The number of pyridine rings is 1. The van der Waals surface area contributed by atoms with Crippen molar-refractivity contribution < 1.29 is 8.42 Å². The van der Waals surface area contributed by atoms with E-state index in [0.717, 1.165) is 21.1 Å². The molecule has 124 valence electrons. The van der Waals surface area contributed by atoms with Crippen LogP contribution >= 0.6 is 22.9 Å². The van der Waals surface area contributed by atoms with Gasteiger partial charge in [-0.3, -0.25) is 4.98 Å². The first kappa shape index (κ1) is 17.0. The first-order valence-corrected chi connectivity index (χ1v) is 9.75. The number of thiazole rings is 1. The van der Waals surface area contributed by atoms with Gasteiger partial charge in [-0.2, -0.15) is 0 Å². The molecule has 0 spiro atoms. The summed E-state index contributed by atoms with van der Waals surface area (Å²) in [7, 11) is -3.59. The molecule has 1 aromatic carbocycles. The number of rotatable bonds is 5. The minimum atomic E-state index is -3.59. The highest BCUT2D eigenvalue weighted by Crippen LogP contribution is 2.27. The third-order valence-corrected chi connectivity index (χ3v) is 6.22. The van der Waals surface area contributed by atoms with E-state index in [-0.39, 0.29) is 11.4 Å². The van der Waals surface area contributed by atoms with Crippen LogP contribution < -0.4 is 4.72 Å². The third kappa shape index (κ3) is 3.81. The Bertz CT molecular complexity index is 939. The number of aryl methyl sites for hydroxylation is 1. The number of nitrogens with one attached hydrogen (secondary N) is 1. The lowest BCUT2D eigenvalue weighted by Gasteiger charge is -2.06. The van der Waals surface area contributed by atoms with Gasteiger partial charge in [0.05, 0.1) is 10.6 Å². The molecular formula is C16H14ClN3O2S2. The average Bonchev–Trinajstić information content (AvgIpc) is 2.95. The van der Waals surface area contributed by atoms with Crippen LogP contribution in [0.5, 0.6) is 0 Å². The van der Waals surface area contributed by atoms with Crippen molar-refractivity contribution in [2.24, 2.45) is 0 Å². The fourth-order valence-electron chi connectivity index (χ4n) is 2.06. The Balaban J connectivity index is 1.77. The molecule has 0 unspecified atom stereocenters. The van der Waals surface area contributed by atoms with Crippen molar-refractivity contribution >= 4 is 33.0 Å². The van der Waals surface area contributed by atoms with Crippen molar-refractivity contribution in [1.29, 1.82) is 0 Å². The van der Waals surface area contributed by atoms with E-state index >= 15 is 0 Å². The minimum Gasteiger partial charge on any atom is -0.264 e. The quantitative estimate of drug-likeness (QED) is 0.734. The molecule has 1 N–H and O–H groups in total. The molecule has 2 aromatic heterocycles. The van der Waals surface area contributed by atoms with Gasteiger partial charge in [0.25, 0.3) is 0 Å². The van der Waals surface area contributed by atoms with Crippen LogP contribution in [0.3, 0.4) is 0 Å². The van der Waals surface area contributed by atoms with Gasteiger partial charge in [-0.05, 0) is 43.3 Å². The van der Waals surface area contributed by atoms with Crippen molar-refractivity contribution in [3.63, 3.8) is 0 Å². The predicted octanol–water partition coefficient (Wildman–Crippen LogP) is 3.65. The van der Waals surface area contributed by atoms with E-state index in [0.29, 0.717) is 5.02 Å². The molecule has 24 heavy (non-hydrogen) atoms. The number of halogens is 1. The molecule has 0 fully saturated rings. The Hall–Kier alpha value is -1.80. The van der Waals surface area contributed by atoms with E-state index in [1.54, 1.807) is 24.5 Å². The van der Waals surface area contributed by atoms with Crippen LogP contribution in [-0.4, -0.2) is 18.4 Å². The smallest absolute Gasteiger partial charge is 0.240 e. The van der Waals surface area contributed by atoms with Crippen molar-refractivity contribution in [2.45, 2.75) is 18.4 Å². The largest absolute Gasteiger partial charge is 0.264 e. The molecule has 0 bridgehead atoms. The van der Waals surface area contributed by atoms with Crippen LogP contribution in [0.15, 0.2) is 53.7 Å². The standard InChI is InChI=1S/C16H14ClN3O2S2/c1-11-15(23-16(20-11)12-3-2-8-18-9-12)10-19-24(21,22)14-6-4-13(17)5-7-14/h2-9,19H,10H2,1H3. The molecule has 0 aliphatic rings. The molecule has 5 nitrogen and oxygen atoms in total. The zero-order valence-electron chi connectivity index (χ0n) is 12.7. The highest BCUT2D eigenvalue weighted by Gasteiger charge is 2.16. The summed E-state index contributed by atoms with van der Waals surface area (Å²) in [6.45, 7) is 2.05. The summed E-state index contributed by atoms with van der Waals surface area (Å²) >= 11 is 7.24. The van der Waals surface area contributed by atoms with Gasteiger partial charge in [0.15, 0.2) is 0 Å². The van der Waals surface area contributed by atoms with Crippen molar-refractivity contribution in [1.82, 2.24) is 14.7 Å². The molecule has 8 heteroatoms. The summed E-state index contributed by atoms with van der Waals surface area (Å²) in [6, 6.07) is 9.82. The van der Waals surface area contributed by atoms with Crippen LogP contribution in [0.4, 0.5) is 0 Å². The van der Waals surface area contributed by atoms with Crippen LogP contribution in [0.1, 0.15) is 10.6 Å². The lowest BCUT2D eigenvalue weighted by atomic mass is 10.3. The summed E-state index contributed by atoms with van der Waals surface area (Å²) in [5.41, 5.74) is 1.72. The second kappa shape index (κ2) is 6.98. The topological polar surface area (TPSA) is 72.0 Å². The number of aromatic nitrogens is 2. The van der Waals surface area contributed by atoms with Gasteiger partial charge in [0, 0.05) is 34.4 Å². The van der Waals surface area contributed by atoms with Crippen molar-refractivity contribution in [3.8, 4) is 10.6 Å². The van der Waals surface area contributed by atoms with E-state index in [1.165, 1.54) is 23.5 Å². The molecule has 3 rings (SSSR count). The number of benzene rings is 1. The highest BCUT2D eigenvalue weighted by atomic mass is 35.5. The van der Waals surface area contributed by atoms with Crippen LogP contribution in [0.25, 0.3) is 10.6 Å². The SMILES string of the molecule is Cc1nc(-c2cccnc2)sc1CNS(=O)(=O)c1ccc(Cl)cc1. The maximum absolute atomic E-state index is 12.3. The molecule has 0 aliphatic carbocycles. The number of nitrogens with zero attached hydrogens (tertiary/aromatic N) is 2. The van der Waals surface area contributed by atoms with Gasteiger partial charge >= 0.3 is 0 Å². The Labute approximate surface area is 149 Å². The van der Waals surface area contributed by atoms with E-state index in [2.05, 4.69) is 14.7 Å². The fraction of sp³-hybridized carbons (Fsp3) is 0.125. The third-order valence-electron chi connectivity index (χ3n) is 3.35. The minimum absolute atomic E-state index is 0.182. The zero-order valence-corrected chi connectivity index (χ0v) is 15.1. The second-order valence-electron chi connectivity index (χ2n) is 5.05. The van der Waals surface area contributed by atoms with Gasteiger partial charge in [0.2, 0.25) is 10.0 Å². The van der Waals surface area contributed by atoms with Gasteiger partial charge in [-0.25, -0.2) is 18.1 Å². The molecular weight excluding hydrogens is 366 g/mol. The van der Waals surface area contributed by atoms with Gasteiger partial charge in [0.1, 0.15) is 5.01 Å². The monoisotopic (exact) mass is 379 g/mol. The summed E-state index contributed by atoms with van der Waals surface area (Å²) < 4.78 is 27.3. The number of hydrogen-bond donors (Lipinski definition) is 1. The maximum atomic E-state index is 12.3. The van der Waals surface area contributed by atoms with Crippen LogP contribution in [0.2, 0.25) is 5.02 Å². The summed E-state index contributed by atoms with van der Waals surface area (Å²) in [4.78, 5) is 9.62. The molecule has 0 saturated carbocycles. The number of sulfonamides is 1. The lowest BCUT2D eigenvalue weighted by molar-refractivity contribution is 0.581. The van der Waals surface area contributed by atoms with Crippen molar-refractivity contribution in [3.05, 3.63) is 64.4 Å². The van der Waals surface area contributed by atoms with E-state index in [1.807, 2.05) is 19.1 Å². The molecule has 0 amide bonds. The highest BCUT2D eigenvalue weighted by molar-refractivity contribution is 7.89. The fourth-order valence-corrected chi connectivity index (χ4v) is 4.27. The lowest BCUT2D eigenvalue weighted by Crippen LogP contribution is -2.23. The van der Waals surface area contributed by atoms with Crippen LogP contribution in [-0.2, 0) is 16.6 Å². The summed E-state index contributed by atoms with van der Waals surface area (Å²) in [5.74, 6) is 0. The normalized spacial score (nSPS) is 11.6. The molecule has 3 aromatic rings. The second-order valence-corrected chi connectivity index (χ2v) is 8.33. The molecule has 0 aliphatic heterocycles. The van der Waals surface area contributed by atoms with Crippen molar-refractivity contribution in [2.75, 3.05) is 0 Å². The van der Waals surface area contributed by atoms with Gasteiger partial charge < -0.3 is 0 Å². The molecule has 0 saturated heterocycles. The first-order chi connectivity index (χ1) is 11.5. The zero-order chi connectivity index (χ0) is 17.2. The van der Waals surface area contributed by atoms with Gasteiger partial charge in [-0.15, -0.1) is 11.3 Å². The van der Waals surface area contributed by atoms with Gasteiger partial charge in [-0.1, -0.05) is 11.6 Å². The summed E-state index contributed by atoms with van der Waals surface area (Å²) in [5, 5.41) is 1.31. The van der Waals surface area contributed by atoms with E-state index in [9.17, 15) is 8.42 Å². The summed E-state index contributed by atoms with van der Waals surface area (Å²) in [6.07, 6.45) is 3.44. The Morgan fingerprint density at radius 3 is 2.62 bits per heavy atom. The molecule has 0 atom stereocenters. The Kier molecular flexibility index (Phi) is 4.96.